The summed E-state index contributed by atoms with van der Waals surface area (Å²) in [6.07, 6.45) is 2.42. The summed E-state index contributed by atoms with van der Waals surface area (Å²) in [5.74, 6) is 1.54. The molecule has 3 unspecified atom stereocenters. The predicted octanol–water partition coefficient (Wildman–Crippen LogP) is 4.19. The van der Waals surface area contributed by atoms with Crippen molar-refractivity contribution < 1.29 is 9.21 Å². The predicted molar refractivity (Wildman–Crippen MR) is 112 cm³/mol. The molecule has 3 atom stereocenters. The molecule has 3 fully saturated rings. The van der Waals surface area contributed by atoms with Crippen molar-refractivity contribution >= 4 is 17.0 Å². The van der Waals surface area contributed by atoms with Crippen LogP contribution in [0, 0.1) is 5.92 Å². The third-order valence-corrected chi connectivity index (χ3v) is 7.32. The Kier molecular flexibility index (Phi) is 3.52. The number of para-hydroxylation sites is 1. The highest BCUT2D eigenvalue weighted by Crippen LogP contribution is 2.62. The standard InChI is InChI=1S/C24H25N3O2/c1-14(2)15-6-3-4-7-16(15)23-25-20-17(8-5-9-19(20)29-23)22(28)26-21-18-10-12-27-13-11-24(18,21)27/h3-9,14,18,21H,10-13H2,1-2H3,(H,26,28). The van der Waals surface area contributed by atoms with Crippen molar-refractivity contribution in [2.24, 2.45) is 5.92 Å². The number of fused-ring (bicyclic) bond motifs is 1. The van der Waals surface area contributed by atoms with Crippen molar-refractivity contribution in [2.45, 2.75) is 44.2 Å². The van der Waals surface area contributed by atoms with Crippen molar-refractivity contribution in [2.75, 3.05) is 13.1 Å². The van der Waals surface area contributed by atoms with Gasteiger partial charge in [-0.1, -0.05) is 38.1 Å². The SMILES string of the molecule is CC(C)c1ccccc1-c1nc2c(C(=O)NC3C4CCN5CCC435)cccc2o1. The molecule has 5 nitrogen and oxygen atoms in total. The number of hydrogen-bond acceptors (Lipinski definition) is 4. The molecule has 2 aromatic carbocycles. The summed E-state index contributed by atoms with van der Waals surface area (Å²) in [5.41, 5.74) is 4.37. The Morgan fingerprint density at radius 2 is 2.07 bits per heavy atom. The van der Waals surface area contributed by atoms with E-state index in [9.17, 15) is 4.79 Å². The van der Waals surface area contributed by atoms with Crippen molar-refractivity contribution in [3.8, 4) is 11.5 Å². The van der Waals surface area contributed by atoms with Crippen LogP contribution in [0.4, 0.5) is 0 Å². The van der Waals surface area contributed by atoms with Crippen LogP contribution in [0.5, 0.6) is 0 Å². The van der Waals surface area contributed by atoms with Crippen molar-refractivity contribution in [1.29, 1.82) is 0 Å². The lowest BCUT2D eigenvalue weighted by Crippen LogP contribution is -2.53. The van der Waals surface area contributed by atoms with Gasteiger partial charge in [-0.25, -0.2) is 4.98 Å². The summed E-state index contributed by atoms with van der Waals surface area (Å²) in [5, 5.41) is 3.30. The number of carbonyl (C=O) groups excluding carboxylic acids is 1. The number of amides is 1. The summed E-state index contributed by atoms with van der Waals surface area (Å²) < 4.78 is 6.08. The number of benzene rings is 2. The van der Waals surface area contributed by atoms with E-state index in [1.807, 2.05) is 36.4 Å². The summed E-state index contributed by atoms with van der Waals surface area (Å²) in [6, 6.07) is 14.1. The highest BCUT2D eigenvalue weighted by molar-refractivity contribution is 6.05. The maximum atomic E-state index is 13.1. The third-order valence-electron chi connectivity index (χ3n) is 7.32. The molecule has 3 aliphatic rings. The summed E-state index contributed by atoms with van der Waals surface area (Å²) in [6.45, 7) is 6.70. The molecule has 29 heavy (non-hydrogen) atoms. The van der Waals surface area contributed by atoms with Gasteiger partial charge >= 0.3 is 0 Å². The number of nitrogens with zero attached hydrogens (tertiary/aromatic N) is 2. The van der Waals surface area contributed by atoms with Crippen molar-refractivity contribution in [3.63, 3.8) is 0 Å². The minimum Gasteiger partial charge on any atom is -0.436 e. The number of nitrogens with one attached hydrogen (secondary N) is 1. The van der Waals surface area contributed by atoms with Gasteiger partial charge in [0.25, 0.3) is 5.91 Å². The molecule has 6 rings (SSSR count). The summed E-state index contributed by atoms with van der Waals surface area (Å²) in [7, 11) is 0. The molecule has 0 bridgehead atoms. The van der Waals surface area contributed by atoms with Crippen LogP contribution in [-0.4, -0.2) is 40.5 Å². The van der Waals surface area contributed by atoms with E-state index in [1.165, 1.54) is 31.5 Å². The first-order chi connectivity index (χ1) is 14.1. The molecule has 1 aliphatic carbocycles. The fourth-order valence-corrected chi connectivity index (χ4v) is 5.72. The average molecular weight is 387 g/mol. The van der Waals surface area contributed by atoms with E-state index < -0.39 is 0 Å². The van der Waals surface area contributed by atoms with Crippen LogP contribution in [-0.2, 0) is 0 Å². The van der Waals surface area contributed by atoms with E-state index in [0.717, 1.165) is 5.56 Å². The van der Waals surface area contributed by atoms with Gasteiger partial charge in [-0.3, -0.25) is 9.69 Å². The maximum absolute atomic E-state index is 13.1. The van der Waals surface area contributed by atoms with Crippen molar-refractivity contribution in [3.05, 3.63) is 53.6 Å². The van der Waals surface area contributed by atoms with Gasteiger partial charge in [-0.15, -0.1) is 0 Å². The summed E-state index contributed by atoms with van der Waals surface area (Å²) in [4.78, 5) is 20.4. The first-order valence-electron chi connectivity index (χ1n) is 10.6. The molecule has 2 aliphatic heterocycles. The topological polar surface area (TPSA) is 58.4 Å². The van der Waals surface area contributed by atoms with Crippen LogP contribution >= 0.6 is 0 Å². The zero-order valence-corrected chi connectivity index (χ0v) is 16.8. The largest absolute Gasteiger partial charge is 0.436 e. The Morgan fingerprint density at radius 1 is 1.21 bits per heavy atom. The Bertz CT molecular complexity index is 1130. The number of hydrogen-bond donors (Lipinski definition) is 1. The first-order valence-corrected chi connectivity index (χ1v) is 10.6. The van der Waals surface area contributed by atoms with E-state index in [1.54, 1.807) is 0 Å². The smallest absolute Gasteiger partial charge is 0.253 e. The van der Waals surface area contributed by atoms with Crippen LogP contribution in [0.3, 0.4) is 0 Å². The molecule has 2 saturated heterocycles. The quantitative estimate of drug-likeness (QED) is 0.729. The molecule has 3 heterocycles. The minimum absolute atomic E-state index is 0.0341. The number of piperidine rings is 1. The number of rotatable bonds is 4. The lowest BCUT2D eigenvalue weighted by molar-refractivity contribution is 0.0773. The molecule has 1 spiro atoms. The molecule has 1 N–H and O–H groups in total. The van der Waals surface area contributed by atoms with Crippen LogP contribution in [0.25, 0.3) is 22.6 Å². The molecular weight excluding hydrogens is 362 g/mol. The maximum Gasteiger partial charge on any atom is 0.253 e. The molecule has 148 valence electrons. The van der Waals surface area contributed by atoms with E-state index in [-0.39, 0.29) is 11.4 Å². The van der Waals surface area contributed by atoms with Gasteiger partial charge in [-0.2, -0.15) is 0 Å². The van der Waals surface area contributed by atoms with Crippen LogP contribution in [0.15, 0.2) is 46.9 Å². The number of oxazole rings is 1. The van der Waals surface area contributed by atoms with Gasteiger partial charge in [-0.05, 0) is 49.1 Å². The highest BCUT2D eigenvalue weighted by Gasteiger charge is 2.74. The van der Waals surface area contributed by atoms with E-state index in [0.29, 0.717) is 40.4 Å². The Labute approximate surface area is 170 Å². The zero-order chi connectivity index (χ0) is 19.8. The highest BCUT2D eigenvalue weighted by atomic mass is 16.3. The second kappa shape index (κ2) is 5.92. The monoisotopic (exact) mass is 387 g/mol. The third kappa shape index (κ3) is 2.31. The lowest BCUT2D eigenvalue weighted by Gasteiger charge is -2.40. The number of carbonyl (C=O) groups is 1. The Hall–Kier alpha value is -2.66. The molecule has 5 heteroatoms. The lowest BCUT2D eigenvalue weighted by atomic mass is 9.97. The number of aromatic nitrogens is 1. The molecule has 1 amide bonds. The summed E-state index contributed by atoms with van der Waals surface area (Å²) >= 11 is 0. The zero-order valence-electron chi connectivity index (χ0n) is 16.8. The van der Waals surface area contributed by atoms with E-state index in [4.69, 9.17) is 9.40 Å². The van der Waals surface area contributed by atoms with Crippen molar-refractivity contribution in [1.82, 2.24) is 15.2 Å². The molecular formula is C24H25N3O2. The second-order valence-corrected chi connectivity index (χ2v) is 8.99. The fourth-order valence-electron chi connectivity index (χ4n) is 5.72. The van der Waals surface area contributed by atoms with E-state index in [2.05, 4.69) is 30.1 Å². The molecule has 1 saturated carbocycles. The Morgan fingerprint density at radius 3 is 2.83 bits per heavy atom. The van der Waals surface area contributed by atoms with Gasteiger partial charge in [0, 0.05) is 23.6 Å². The van der Waals surface area contributed by atoms with Crippen LogP contribution in [0.2, 0.25) is 0 Å². The second-order valence-electron chi connectivity index (χ2n) is 8.99. The molecule has 0 radical (unpaired) electrons. The normalized spacial score (nSPS) is 27.6. The van der Waals surface area contributed by atoms with Crippen LogP contribution < -0.4 is 5.32 Å². The van der Waals surface area contributed by atoms with Gasteiger partial charge < -0.3 is 9.73 Å². The molecule has 3 aromatic rings. The van der Waals surface area contributed by atoms with Gasteiger partial charge in [0.05, 0.1) is 11.6 Å². The van der Waals surface area contributed by atoms with Crippen LogP contribution in [0.1, 0.15) is 48.5 Å². The first kappa shape index (κ1) is 17.2. The van der Waals surface area contributed by atoms with Gasteiger partial charge in [0.1, 0.15) is 5.52 Å². The molecule has 1 aromatic heterocycles. The van der Waals surface area contributed by atoms with Gasteiger partial charge in [0.15, 0.2) is 5.58 Å². The van der Waals surface area contributed by atoms with E-state index >= 15 is 0 Å². The van der Waals surface area contributed by atoms with Gasteiger partial charge in [0.2, 0.25) is 5.89 Å². The average Bonchev–Trinajstić information content (AvgIpc) is 3.02. The minimum atomic E-state index is -0.0341. The fraction of sp³-hybridized carbons (Fsp3) is 0.417. The Balaban J connectivity index is 1.34.